The first kappa shape index (κ1) is 29.1. The van der Waals surface area contributed by atoms with Crippen molar-refractivity contribution in [1.82, 2.24) is 9.13 Å². The minimum absolute atomic E-state index is 0.579. The van der Waals surface area contributed by atoms with Gasteiger partial charge in [-0.25, -0.2) is 0 Å². The third-order valence-electron chi connectivity index (χ3n) is 11.2. The van der Waals surface area contributed by atoms with Gasteiger partial charge in [0, 0.05) is 54.2 Å². The van der Waals surface area contributed by atoms with Crippen LogP contribution >= 0.6 is 0 Å². The Morgan fingerprint density at radius 2 is 0.852 bits per heavy atom. The van der Waals surface area contributed by atoms with E-state index in [1.165, 1.54) is 0 Å². The van der Waals surface area contributed by atoms with E-state index < -0.39 is 0 Å². The van der Waals surface area contributed by atoms with E-state index in [0.29, 0.717) is 5.56 Å². The van der Waals surface area contributed by atoms with Crippen molar-refractivity contribution in [3.8, 4) is 28.6 Å². The van der Waals surface area contributed by atoms with Crippen LogP contribution in [0.15, 0.2) is 173 Å². The Balaban J connectivity index is 1.22. The first-order valence-electron chi connectivity index (χ1n) is 18.1. The average molecular weight is 690 g/mol. The third kappa shape index (κ3) is 3.81. The Labute approximate surface area is 307 Å². The lowest BCUT2D eigenvalue weighted by atomic mass is 9.99. The van der Waals surface area contributed by atoms with Gasteiger partial charge in [0.15, 0.2) is 11.2 Å². The number of fused-ring (bicyclic) bond motifs is 14. The highest BCUT2D eigenvalue weighted by molar-refractivity contribution is 6.23. The molecular formula is C49H27N3O2. The molecule has 12 aromatic rings. The van der Waals surface area contributed by atoms with E-state index in [4.69, 9.17) is 8.83 Å². The second-order valence-electron chi connectivity index (χ2n) is 13.9. The third-order valence-corrected chi connectivity index (χ3v) is 11.2. The Morgan fingerprint density at radius 1 is 0.389 bits per heavy atom. The van der Waals surface area contributed by atoms with Gasteiger partial charge in [0.2, 0.25) is 0 Å². The number of furan rings is 2. The number of rotatable bonds is 3. The van der Waals surface area contributed by atoms with E-state index >= 15 is 0 Å². The maximum atomic E-state index is 10.3. The first-order valence-corrected chi connectivity index (χ1v) is 18.1. The molecule has 4 aromatic heterocycles. The predicted octanol–water partition coefficient (Wildman–Crippen LogP) is 13.2. The molecule has 0 fully saturated rings. The number of benzene rings is 8. The van der Waals surface area contributed by atoms with Gasteiger partial charge in [0.25, 0.3) is 0 Å². The number of para-hydroxylation sites is 5. The van der Waals surface area contributed by atoms with Crippen molar-refractivity contribution in [2.45, 2.75) is 0 Å². The zero-order chi connectivity index (χ0) is 35.5. The molecule has 0 aliphatic carbocycles. The molecule has 12 rings (SSSR count). The molecule has 54 heavy (non-hydrogen) atoms. The highest BCUT2D eigenvalue weighted by atomic mass is 16.3. The first-order chi connectivity index (χ1) is 26.8. The molecule has 0 atom stereocenters. The van der Waals surface area contributed by atoms with E-state index in [2.05, 4.69) is 143 Å². The van der Waals surface area contributed by atoms with Crippen LogP contribution in [0.1, 0.15) is 5.56 Å². The SMILES string of the molecule is N#Cc1ccc(-c2ccccc2-n2c3ccccc3c3ccc4c5ccccc5oc4c32)c(-n2c3ccccc3c3ccc4c5ccccc5oc4c32)c1. The summed E-state index contributed by atoms with van der Waals surface area (Å²) in [6.45, 7) is 0. The van der Waals surface area contributed by atoms with Crippen LogP contribution in [-0.2, 0) is 0 Å². The molecule has 5 nitrogen and oxygen atoms in total. The predicted molar refractivity (Wildman–Crippen MR) is 220 cm³/mol. The van der Waals surface area contributed by atoms with Crippen LogP contribution in [0.4, 0.5) is 0 Å². The molecule has 0 saturated heterocycles. The van der Waals surface area contributed by atoms with Gasteiger partial charge in [-0.1, -0.05) is 109 Å². The molecule has 0 N–H and O–H groups in total. The second-order valence-corrected chi connectivity index (χ2v) is 13.9. The average Bonchev–Trinajstić information content (AvgIpc) is 3.98. The molecule has 0 radical (unpaired) electrons. The Morgan fingerprint density at radius 3 is 1.44 bits per heavy atom. The van der Waals surface area contributed by atoms with Gasteiger partial charge in [0.1, 0.15) is 11.2 Å². The Hall–Kier alpha value is -7.55. The maximum Gasteiger partial charge on any atom is 0.160 e. The zero-order valence-electron chi connectivity index (χ0n) is 28.7. The fourth-order valence-corrected chi connectivity index (χ4v) is 8.87. The minimum atomic E-state index is 0.579. The quantitative estimate of drug-likeness (QED) is 0.185. The molecule has 8 aromatic carbocycles. The molecule has 0 amide bonds. The van der Waals surface area contributed by atoms with Crippen LogP contribution < -0.4 is 0 Å². The number of nitriles is 1. The number of aromatic nitrogens is 2. The molecule has 0 saturated carbocycles. The summed E-state index contributed by atoms with van der Waals surface area (Å²) in [6.07, 6.45) is 0. The van der Waals surface area contributed by atoms with Crippen LogP contribution in [-0.4, -0.2) is 9.13 Å². The Bertz CT molecular complexity index is 3590. The van der Waals surface area contributed by atoms with Gasteiger partial charge in [-0.15, -0.1) is 0 Å². The van der Waals surface area contributed by atoms with Crippen molar-refractivity contribution in [1.29, 1.82) is 5.26 Å². The van der Waals surface area contributed by atoms with Crippen molar-refractivity contribution >= 4 is 87.5 Å². The standard InChI is InChI=1S/C49H27N3O2/c50-28-29-21-22-33(43(27-29)52-42-18-8-3-13-32(42)37-24-26-39-35-15-5-10-20-45(35)54-49(39)47(37)52)30-11-1-6-16-40(30)51-41-17-7-2-12-31(41)36-23-25-38-34-14-4-9-19-44(34)53-48(38)46(36)51/h1-27H. The largest absolute Gasteiger partial charge is 0.454 e. The van der Waals surface area contributed by atoms with Crippen molar-refractivity contribution in [3.63, 3.8) is 0 Å². The molecule has 0 bridgehead atoms. The van der Waals surface area contributed by atoms with E-state index in [-0.39, 0.29) is 0 Å². The molecule has 5 heteroatoms. The van der Waals surface area contributed by atoms with E-state index in [9.17, 15) is 5.26 Å². The fourth-order valence-electron chi connectivity index (χ4n) is 8.87. The normalized spacial score (nSPS) is 12.1. The van der Waals surface area contributed by atoms with Crippen LogP contribution in [0.3, 0.4) is 0 Å². The summed E-state index contributed by atoms with van der Waals surface area (Å²) in [5.74, 6) is 0. The zero-order valence-corrected chi connectivity index (χ0v) is 28.7. The van der Waals surface area contributed by atoms with Crippen molar-refractivity contribution in [2.75, 3.05) is 0 Å². The lowest BCUT2D eigenvalue weighted by molar-refractivity contribution is 0.670. The molecule has 0 unspecified atom stereocenters. The minimum Gasteiger partial charge on any atom is -0.454 e. The number of hydrogen-bond donors (Lipinski definition) is 0. The Kier molecular flexibility index (Phi) is 5.78. The van der Waals surface area contributed by atoms with Crippen LogP contribution in [0.2, 0.25) is 0 Å². The summed E-state index contributed by atoms with van der Waals surface area (Å²) in [6, 6.07) is 59.3. The molecule has 0 spiro atoms. The summed E-state index contributed by atoms with van der Waals surface area (Å²) in [5.41, 5.74) is 12.0. The second kappa shape index (κ2) is 10.7. The fraction of sp³-hybridized carbons (Fsp3) is 0. The summed E-state index contributed by atoms with van der Waals surface area (Å²) >= 11 is 0. The summed E-state index contributed by atoms with van der Waals surface area (Å²) < 4.78 is 18.1. The number of nitrogens with zero attached hydrogens (tertiary/aromatic N) is 3. The molecule has 0 aliphatic heterocycles. The van der Waals surface area contributed by atoms with Gasteiger partial charge in [-0.2, -0.15) is 5.26 Å². The molecule has 250 valence electrons. The lowest BCUT2D eigenvalue weighted by Crippen LogP contribution is -2.02. The van der Waals surface area contributed by atoms with Crippen LogP contribution in [0.25, 0.3) is 110 Å². The van der Waals surface area contributed by atoms with E-state index in [0.717, 1.165) is 110 Å². The van der Waals surface area contributed by atoms with E-state index in [1.807, 2.05) is 36.4 Å². The lowest BCUT2D eigenvalue weighted by Gasteiger charge is -2.19. The van der Waals surface area contributed by atoms with Gasteiger partial charge in [-0.3, -0.25) is 0 Å². The molecule has 0 aliphatic rings. The topological polar surface area (TPSA) is 59.9 Å². The monoisotopic (exact) mass is 689 g/mol. The van der Waals surface area contributed by atoms with Gasteiger partial charge in [0.05, 0.1) is 45.1 Å². The van der Waals surface area contributed by atoms with Crippen molar-refractivity contribution < 1.29 is 8.83 Å². The van der Waals surface area contributed by atoms with Crippen LogP contribution in [0, 0.1) is 11.3 Å². The smallest absolute Gasteiger partial charge is 0.160 e. The van der Waals surface area contributed by atoms with Crippen LogP contribution in [0.5, 0.6) is 0 Å². The van der Waals surface area contributed by atoms with Gasteiger partial charge in [-0.05, 0) is 54.6 Å². The van der Waals surface area contributed by atoms with Crippen molar-refractivity contribution in [3.05, 3.63) is 169 Å². The number of hydrogen-bond acceptors (Lipinski definition) is 3. The van der Waals surface area contributed by atoms with Crippen molar-refractivity contribution in [2.24, 2.45) is 0 Å². The summed E-state index contributed by atoms with van der Waals surface area (Å²) in [5, 5.41) is 19.1. The highest BCUT2D eigenvalue weighted by Crippen LogP contribution is 2.45. The summed E-state index contributed by atoms with van der Waals surface area (Å²) in [4.78, 5) is 0. The summed E-state index contributed by atoms with van der Waals surface area (Å²) in [7, 11) is 0. The van der Waals surface area contributed by atoms with Gasteiger partial charge < -0.3 is 18.0 Å². The molecule has 4 heterocycles. The highest BCUT2D eigenvalue weighted by Gasteiger charge is 2.24. The maximum absolute atomic E-state index is 10.3. The molecular weight excluding hydrogens is 663 g/mol. The van der Waals surface area contributed by atoms with Gasteiger partial charge >= 0.3 is 0 Å². The van der Waals surface area contributed by atoms with E-state index in [1.54, 1.807) is 0 Å².